The van der Waals surface area contributed by atoms with Crippen LogP contribution in [-0.4, -0.2) is 36.7 Å². The van der Waals surface area contributed by atoms with E-state index in [2.05, 4.69) is 17.2 Å². The third-order valence-corrected chi connectivity index (χ3v) is 6.54. The molecule has 7 heteroatoms. The molecule has 26 heavy (non-hydrogen) atoms. The number of nitrogens with zero attached hydrogens (tertiary/aromatic N) is 2. The Balaban J connectivity index is 1.72. The van der Waals surface area contributed by atoms with Crippen molar-refractivity contribution >= 4 is 21.7 Å². The summed E-state index contributed by atoms with van der Waals surface area (Å²) in [6, 6.07) is 11.4. The van der Waals surface area contributed by atoms with Crippen LogP contribution in [0.1, 0.15) is 35.8 Å². The second-order valence-electron chi connectivity index (χ2n) is 6.73. The molecule has 0 radical (unpaired) electrons. The second-order valence-corrected chi connectivity index (χ2v) is 8.67. The molecule has 1 saturated heterocycles. The summed E-state index contributed by atoms with van der Waals surface area (Å²) in [7, 11) is -3.50. The van der Waals surface area contributed by atoms with Gasteiger partial charge in [-0.05, 0) is 62.1 Å². The zero-order valence-electron chi connectivity index (χ0n) is 15.0. The molecule has 0 bridgehead atoms. The molecule has 0 saturated carbocycles. The maximum absolute atomic E-state index is 12.7. The molecule has 1 N–H and O–H groups in total. The predicted molar refractivity (Wildman–Crippen MR) is 101 cm³/mol. The van der Waals surface area contributed by atoms with Crippen molar-refractivity contribution in [2.24, 2.45) is 5.92 Å². The van der Waals surface area contributed by atoms with Gasteiger partial charge in [0, 0.05) is 24.3 Å². The summed E-state index contributed by atoms with van der Waals surface area (Å²) >= 11 is 0. The first kappa shape index (κ1) is 18.5. The molecule has 1 fully saturated rings. The molecule has 1 aliphatic heterocycles. The number of benzene rings is 1. The molecular formula is C19H23N3O3S. The zero-order chi connectivity index (χ0) is 18.7. The van der Waals surface area contributed by atoms with Gasteiger partial charge in [0.2, 0.25) is 10.0 Å². The van der Waals surface area contributed by atoms with Gasteiger partial charge < -0.3 is 5.32 Å². The second kappa shape index (κ2) is 7.55. The Kier molecular flexibility index (Phi) is 5.38. The monoisotopic (exact) mass is 373 g/mol. The van der Waals surface area contributed by atoms with Gasteiger partial charge in [-0.1, -0.05) is 13.0 Å². The van der Waals surface area contributed by atoms with Crippen molar-refractivity contribution in [1.29, 1.82) is 0 Å². The average molecular weight is 373 g/mol. The highest BCUT2D eigenvalue weighted by atomic mass is 32.2. The van der Waals surface area contributed by atoms with Gasteiger partial charge in [-0.15, -0.1) is 0 Å². The SMILES string of the molecule is Cc1cccc(NC(=O)c2ccc(S(=O)(=O)N3CCC(C)CC3)cc2)n1. The molecule has 0 spiro atoms. The van der Waals surface area contributed by atoms with Crippen LogP contribution in [-0.2, 0) is 10.0 Å². The van der Waals surface area contributed by atoms with E-state index in [1.54, 1.807) is 6.07 Å². The lowest BCUT2D eigenvalue weighted by Gasteiger charge is -2.29. The third-order valence-electron chi connectivity index (χ3n) is 4.63. The Morgan fingerprint density at radius 3 is 2.38 bits per heavy atom. The number of carbonyl (C=O) groups is 1. The number of amides is 1. The van der Waals surface area contributed by atoms with Crippen LogP contribution in [0.3, 0.4) is 0 Å². The number of piperidine rings is 1. The number of rotatable bonds is 4. The van der Waals surface area contributed by atoms with Gasteiger partial charge >= 0.3 is 0 Å². The fourth-order valence-electron chi connectivity index (χ4n) is 2.95. The van der Waals surface area contributed by atoms with Crippen LogP contribution in [0.4, 0.5) is 5.82 Å². The summed E-state index contributed by atoms with van der Waals surface area (Å²) in [6.45, 7) is 5.08. The predicted octanol–water partition coefficient (Wildman–Crippen LogP) is 3.06. The van der Waals surface area contributed by atoms with Crippen LogP contribution in [0.5, 0.6) is 0 Å². The van der Waals surface area contributed by atoms with E-state index in [0.717, 1.165) is 18.5 Å². The number of hydrogen-bond acceptors (Lipinski definition) is 4. The van der Waals surface area contributed by atoms with Gasteiger partial charge in [0.1, 0.15) is 5.82 Å². The highest BCUT2D eigenvalue weighted by Crippen LogP contribution is 2.23. The fourth-order valence-corrected chi connectivity index (χ4v) is 4.42. The van der Waals surface area contributed by atoms with Crippen LogP contribution in [0.15, 0.2) is 47.4 Å². The van der Waals surface area contributed by atoms with Crippen LogP contribution < -0.4 is 5.32 Å². The number of hydrogen-bond donors (Lipinski definition) is 1. The van der Waals surface area contributed by atoms with Crippen molar-refractivity contribution < 1.29 is 13.2 Å². The molecule has 0 atom stereocenters. The van der Waals surface area contributed by atoms with Gasteiger partial charge in [0.15, 0.2) is 0 Å². The first-order valence-corrected chi connectivity index (χ1v) is 10.2. The van der Waals surface area contributed by atoms with Crippen molar-refractivity contribution in [2.45, 2.75) is 31.6 Å². The minimum atomic E-state index is -3.50. The molecule has 3 rings (SSSR count). The molecule has 1 aromatic carbocycles. The van der Waals surface area contributed by atoms with Crippen molar-refractivity contribution in [3.63, 3.8) is 0 Å². The van der Waals surface area contributed by atoms with Gasteiger partial charge in [-0.3, -0.25) is 4.79 Å². The Bertz CT molecular complexity index is 887. The molecule has 2 aromatic rings. The maximum Gasteiger partial charge on any atom is 0.256 e. The number of anilines is 1. The largest absolute Gasteiger partial charge is 0.307 e. The summed E-state index contributed by atoms with van der Waals surface area (Å²) < 4.78 is 27.0. The van der Waals surface area contributed by atoms with Gasteiger partial charge in [-0.25, -0.2) is 13.4 Å². The number of aryl methyl sites for hydroxylation is 1. The molecule has 138 valence electrons. The Hall–Kier alpha value is -2.25. The fraction of sp³-hybridized carbons (Fsp3) is 0.368. The first-order valence-electron chi connectivity index (χ1n) is 8.71. The van der Waals surface area contributed by atoms with Gasteiger partial charge in [-0.2, -0.15) is 4.31 Å². The lowest BCUT2D eigenvalue weighted by Crippen LogP contribution is -2.37. The molecule has 1 aromatic heterocycles. The summed E-state index contributed by atoms with van der Waals surface area (Å²) in [5.74, 6) is 0.704. The van der Waals surface area contributed by atoms with E-state index in [4.69, 9.17) is 0 Å². The van der Waals surface area contributed by atoms with E-state index in [1.807, 2.05) is 19.1 Å². The quantitative estimate of drug-likeness (QED) is 0.893. The summed E-state index contributed by atoms with van der Waals surface area (Å²) in [5, 5.41) is 2.72. The molecule has 6 nitrogen and oxygen atoms in total. The lowest BCUT2D eigenvalue weighted by atomic mass is 10.0. The normalized spacial score (nSPS) is 16.4. The van der Waals surface area contributed by atoms with Crippen LogP contribution in [0.25, 0.3) is 0 Å². The number of sulfonamides is 1. The minimum Gasteiger partial charge on any atom is -0.307 e. The Morgan fingerprint density at radius 1 is 1.12 bits per heavy atom. The van der Waals surface area contributed by atoms with E-state index >= 15 is 0 Å². The number of carbonyl (C=O) groups excluding carboxylic acids is 1. The van der Waals surface area contributed by atoms with Crippen molar-refractivity contribution in [1.82, 2.24) is 9.29 Å². The number of pyridine rings is 1. The molecule has 0 unspecified atom stereocenters. The highest BCUT2D eigenvalue weighted by molar-refractivity contribution is 7.89. The van der Waals surface area contributed by atoms with Crippen molar-refractivity contribution in [2.75, 3.05) is 18.4 Å². The molecule has 2 heterocycles. The molecular weight excluding hydrogens is 350 g/mol. The average Bonchev–Trinajstić information content (AvgIpc) is 2.62. The third kappa shape index (κ3) is 4.11. The summed E-state index contributed by atoms with van der Waals surface area (Å²) in [6.07, 6.45) is 1.76. The van der Waals surface area contributed by atoms with E-state index < -0.39 is 10.0 Å². The zero-order valence-corrected chi connectivity index (χ0v) is 15.8. The minimum absolute atomic E-state index is 0.220. The summed E-state index contributed by atoms with van der Waals surface area (Å²) in [4.78, 5) is 16.8. The number of aromatic nitrogens is 1. The van der Waals surface area contributed by atoms with Crippen LogP contribution in [0.2, 0.25) is 0 Å². The standard InChI is InChI=1S/C19H23N3O3S/c1-14-10-12-22(13-11-14)26(24,25)17-8-6-16(7-9-17)19(23)21-18-5-3-4-15(2)20-18/h3-9,14H,10-13H2,1-2H3,(H,20,21,23). The van der Waals surface area contributed by atoms with Gasteiger partial charge in [0.25, 0.3) is 5.91 Å². The van der Waals surface area contributed by atoms with Crippen molar-refractivity contribution in [3.8, 4) is 0 Å². The smallest absolute Gasteiger partial charge is 0.256 e. The van der Waals surface area contributed by atoms with E-state index in [0.29, 0.717) is 30.4 Å². The maximum atomic E-state index is 12.7. The van der Waals surface area contributed by atoms with E-state index in [9.17, 15) is 13.2 Å². The Labute approximate surface area is 154 Å². The lowest BCUT2D eigenvalue weighted by molar-refractivity contribution is 0.102. The van der Waals surface area contributed by atoms with E-state index in [1.165, 1.54) is 28.6 Å². The molecule has 1 aliphatic rings. The Morgan fingerprint density at radius 2 is 1.77 bits per heavy atom. The van der Waals surface area contributed by atoms with E-state index in [-0.39, 0.29) is 10.8 Å². The summed E-state index contributed by atoms with van der Waals surface area (Å²) in [5.41, 5.74) is 1.19. The van der Waals surface area contributed by atoms with Crippen LogP contribution >= 0.6 is 0 Å². The molecule has 0 aliphatic carbocycles. The first-order chi connectivity index (χ1) is 12.4. The van der Waals surface area contributed by atoms with Gasteiger partial charge in [0.05, 0.1) is 4.90 Å². The topological polar surface area (TPSA) is 79.4 Å². The highest BCUT2D eigenvalue weighted by Gasteiger charge is 2.28. The molecule has 1 amide bonds. The van der Waals surface area contributed by atoms with Crippen LogP contribution in [0, 0.1) is 12.8 Å². The number of nitrogens with one attached hydrogen (secondary N) is 1. The van der Waals surface area contributed by atoms with Crippen molar-refractivity contribution in [3.05, 3.63) is 53.7 Å².